The fourth-order valence-corrected chi connectivity index (χ4v) is 3.03. The first-order chi connectivity index (χ1) is 9.38. The molecule has 0 saturated heterocycles. The quantitative estimate of drug-likeness (QED) is 0.891. The van der Waals surface area contributed by atoms with Crippen molar-refractivity contribution in [2.24, 2.45) is 5.92 Å². The number of hydrogen-bond acceptors (Lipinski definition) is 1. The van der Waals surface area contributed by atoms with Crippen LogP contribution in [0.4, 0.5) is 13.2 Å². The molecule has 0 bridgehead atoms. The number of carboxylic acid groups (broad SMARTS) is 1. The molecular weight excluding hydrogens is 269 g/mol. The fraction of sp³-hybridized carbons (Fsp3) is 0.533. The average Bonchev–Trinajstić information content (AvgIpc) is 2.38. The van der Waals surface area contributed by atoms with Gasteiger partial charge in [0.2, 0.25) is 0 Å². The summed E-state index contributed by atoms with van der Waals surface area (Å²) in [6.45, 7) is 0. The Morgan fingerprint density at radius 1 is 1.15 bits per heavy atom. The SMILES string of the molecule is O=C(O)C[C@H]1CCCC[C@@H]1c1ccc(C(F)(F)F)cc1. The maximum atomic E-state index is 12.5. The van der Waals surface area contributed by atoms with E-state index in [4.69, 9.17) is 5.11 Å². The van der Waals surface area contributed by atoms with Crippen molar-refractivity contribution >= 4 is 5.97 Å². The number of halogens is 3. The van der Waals surface area contributed by atoms with E-state index < -0.39 is 17.7 Å². The van der Waals surface area contributed by atoms with Gasteiger partial charge < -0.3 is 5.11 Å². The summed E-state index contributed by atoms with van der Waals surface area (Å²) in [5.74, 6) is -0.756. The molecule has 1 fully saturated rings. The molecule has 0 radical (unpaired) electrons. The minimum absolute atomic E-state index is 0.0259. The molecular formula is C15H17F3O2. The molecule has 110 valence electrons. The van der Waals surface area contributed by atoms with Gasteiger partial charge in [0, 0.05) is 6.42 Å². The molecule has 0 unspecified atom stereocenters. The number of aliphatic carboxylic acids is 1. The lowest BCUT2D eigenvalue weighted by atomic mass is 9.74. The second-order valence-electron chi connectivity index (χ2n) is 5.37. The molecule has 0 aromatic heterocycles. The summed E-state index contributed by atoms with van der Waals surface area (Å²) >= 11 is 0. The summed E-state index contributed by atoms with van der Waals surface area (Å²) in [5, 5.41) is 8.93. The van der Waals surface area contributed by atoms with Crippen LogP contribution in [-0.2, 0) is 11.0 Å². The van der Waals surface area contributed by atoms with Crippen molar-refractivity contribution < 1.29 is 23.1 Å². The summed E-state index contributed by atoms with van der Waals surface area (Å²) in [7, 11) is 0. The van der Waals surface area contributed by atoms with Gasteiger partial charge in [0.15, 0.2) is 0 Å². The third kappa shape index (κ3) is 3.52. The van der Waals surface area contributed by atoms with E-state index >= 15 is 0 Å². The molecule has 1 aliphatic rings. The predicted octanol–water partition coefficient (Wildman–Crippen LogP) is 4.45. The standard InChI is InChI=1S/C15H17F3O2/c16-15(17,18)12-7-5-10(6-8-12)13-4-2-1-3-11(13)9-14(19)20/h5-8,11,13H,1-4,9H2,(H,19,20)/t11-,13-/m1/s1. The zero-order chi connectivity index (χ0) is 14.8. The Kier molecular flexibility index (Phi) is 4.35. The Bertz CT molecular complexity index is 465. The molecule has 2 nitrogen and oxygen atoms in total. The zero-order valence-corrected chi connectivity index (χ0v) is 11.0. The van der Waals surface area contributed by atoms with Crippen LogP contribution >= 0.6 is 0 Å². The van der Waals surface area contributed by atoms with Gasteiger partial charge in [-0.1, -0.05) is 25.0 Å². The van der Waals surface area contributed by atoms with E-state index in [1.54, 1.807) is 0 Å². The molecule has 1 aromatic rings. The van der Waals surface area contributed by atoms with Crippen LogP contribution in [0.1, 0.15) is 49.1 Å². The van der Waals surface area contributed by atoms with Crippen molar-refractivity contribution in [3.8, 4) is 0 Å². The van der Waals surface area contributed by atoms with Crippen LogP contribution < -0.4 is 0 Å². The van der Waals surface area contributed by atoms with Gasteiger partial charge in [0.25, 0.3) is 0 Å². The second-order valence-corrected chi connectivity index (χ2v) is 5.37. The highest BCUT2D eigenvalue weighted by atomic mass is 19.4. The molecule has 1 aromatic carbocycles. The van der Waals surface area contributed by atoms with Crippen molar-refractivity contribution in [3.63, 3.8) is 0 Å². The number of benzene rings is 1. The number of carboxylic acids is 1. The van der Waals surface area contributed by atoms with E-state index in [1.165, 1.54) is 12.1 Å². The second kappa shape index (κ2) is 5.85. The van der Waals surface area contributed by atoms with Crippen LogP contribution in [-0.4, -0.2) is 11.1 Å². The van der Waals surface area contributed by atoms with Gasteiger partial charge >= 0.3 is 12.1 Å². The molecule has 2 atom stereocenters. The van der Waals surface area contributed by atoms with Gasteiger partial charge in [-0.15, -0.1) is 0 Å². The lowest BCUT2D eigenvalue weighted by Gasteiger charge is -2.31. The summed E-state index contributed by atoms with van der Waals surface area (Å²) in [5.41, 5.74) is 0.163. The van der Waals surface area contributed by atoms with E-state index in [2.05, 4.69) is 0 Å². The van der Waals surface area contributed by atoms with Crippen molar-refractivity contribution in [1.82, 2.24) is 0 Å². The largest absolute Gasteiger partial charge is 0.481 e. The van der Waals surface area contributed by atoms with E-state index in [0.29, 0.717) is 0 Å². The number of alkyl halides is 3. The molecule has 20 heavy (non-hydrogen) atoms. The first kappa shape index (κ1) is 14.9. The molecule has 0 aliphatic heterocycles. The number of hydrogen-bond donors (Lipinski definition) is 1. The van der Waals surface area contributed by atoms with Gasteiger partial charge in [-0.2, -0.15) is 13.2 Å². The smallest absolute Gasteiger partial charge is 0.416 e. The van der Waals surface area contributed by atoms with Crippen LogP contribution in [0, 0.1) is 5.92 Å². The lowest BCUT2D eigenvalue weighted by Crippen LogP contribution is -2.21. The van der Waals surface area contributed by atoms with Gasteiger partial charge in [-0.25, -0.2) is 0 Å². The van der Waals surface area contributed by atoms with Crippen LogP contribution in [0.25, 0.3) is 0 Å². The molecule has 5 heteroatoms. The van der Waals surface area contributed by atoms with Crippen molar-refractivity contribution in [2.45, 2.75) is 44.2 Å². The molecule has 1 N–H and O–H groups in total. The summed E-state index contributed by atoms with van der Waals surface area (Å²) in [6, 6.07) is 5.16. The Morgan fingerprint density at radius 2 is 1.75 bits per heavy atom. The molecule has 0 amide bonds. The maximum absolute atomic E-state index is 12.5. The highest BCUT2D eigenvalue weighted by molar-refractivity contribution is 5.67. The van der Waals surface area contributed by atoms with Gasteiger partial charge in [0.1, 0.15) is 0 Å². The van der Waals surface area contributed by atoms with Crippen molar-refractivity contribution in [1.29, 1.82) is 0 Å². The van der Waals surface area contributed by atoms with Gasteiger partial charge in [0.05, 0.1) is 5.56 Å². The van der Waals surface area contributed by atoms with Crippen molar-refractivity contribution in [3.05, 3.63) is 35.4 Å². The third-order valence-corrected chi connectivity index (χ3v) is 4.01. The molecule has 1 saturated carbocycles. The number of carbonyl (C=O) groups is 1. The molecule has 1 aliphatic carbocycles. The van der Waals surface area contributed by atoms with Crippen LogP contribution in [0.15, 0.2) is 24.3 Å². The molecule has 0 spiro atoms. The minimum atomic E-state index is -4.33. The first-order valence-electron chi connectivity index (χ1n) is 6.77. The first-order valence-corrected chi connectivity index (χ1v) is 6.77. The summed E-state index contributed by atoms with van der Waals surface area (Å²) < 4.78 is 37.6. The molecule has 2 rings (SSSR count). The fourth-order valence-electron chi connectivity index (χ4n) is 3.03. The highest BCUT2D eigenvalue weighted by Gasteiger charge is 2.32. The maximum Gasteiger partial charge on any atom is 0.416 e. The number of rotatable bonds is 3. The van der Waals surface area contributed by atoms with E-state index in [0.717, 1.165) is 43.4 Å². The predicted molar refractivity (Wildman–Crippen MR) is 68.4 cm³/mol. The summed E-state index contributed by atoms with van der Waals surface area (Å²) in [4.78, 5) is 10.9. The Morgan fingerprint density at radius 3 is 2.30 bits per heavy atom. The minimum Gasteiger partial charge on any atom is -0.481 e. The Balaban J connectivity index is 2.17. The Labute approximate surface area is 115 Å². The molecule has 0 heterocycles. The highest BCUT2D eigenvalue weighted by Crippen LogP contribution is 2.40. The Hall–Kier alpha value is -1.52. The average molecular weight is 286 g/mol. The zero-order valence-electron chi connectivity index (χ0n) is 11.0. The third-order valence-electron chi connectivity index (χ3n) is 4.01. The van der Waals surface area contributed by atoms with Crippen LogP contribution in [0.5, 0.6) is 0 Å². The van der Waals surface area contributed by atoms with Crippen molar-refractivity contribution in [2.75, 3.05) is 0 Å². The monoisotopic (exact) mass is 286 g/mol. The van der Waals surface area contributed by atoms with Gasteiger partial charge in [-0.3, -0.25) is 4.79 Å². The van der Waals surface area contributed by atoms with Crippen LogP contribution in [0.3, 0.4) is 0 Å². The van der Waals surface area contributed by atoms with Crippen LogP contribution in [0.2, 0.25) is 0 Å². The van der Waals surface area contributed by atoms with Gasteiger partial charge in [-0.05, 0) is 42.4 Å². The lowest BCUT2D eigenvalue weighted by molar-refractivity contribution is -0.139. The van der Waals surface area contributed by atoms with E-state index in [-0.39, 0.29) is 18.3 Å². The topological polar surface area (TPSA) is 37.3 Å². The van der Waals surface area contributed by atoms with E-state index in [9.17, 15) is 18.0 Å². The summed E-state index contributed by atoms with van der Waals surface area (Å²) in [6.07, 6.45) is -0.560. The normalized spacial score (nSPS) is 23.6. The van der Waals surface area contributed by atoms with E-state index in [1.807, 2.05) is 0 Å².